The summed E-state index contributed by atoms with van der Waals surface area (Å²) in [6.07, 6.45) is 0. The largest absolute Gasteiger partial charge is 0.275 e. The van der Waals surface area contributed by atoms with Gasteiger partial charge in [-0.15, -0.1) is 0 Å². The van der Waals surface area contributed by atoms with Crippen molar-refractivity contribution in [2.75, 3.05) is 0 Å². The molecule has 0 saturated heterocycles. The van der Waals surface area contributed by atoms with Crippen molar-refractivity contribution in [3.63, 3.8) is 0 Å². The van der Waals surface area contributed by atoms with Crippen LogP contribution in [0.15, 0.2) is 24.3 Å². The molecule has 0 aliphatic heterocycles. The smallest absolute Gasteiger partial charge is 0.258 e. The van der Waals surface area contributed by atoms with Crippen molar-refractivity contribution >= 4 is 16.8 Å². The highest BCUT2D eigenvalue weighted by Crippen LogP contribution is 2.33. The van der Waals surface area contributed by atoms with Crippen LogP contribution >= 0.6 is 11.6 Å². The number of rotatable bonds is 2. The van der Waals surface area contributed by atoms with E-state index in [2.05, 4.69) is 0 Å². The van der Waals surface area contributed by atoms with Crippen molar-refractivity contribution in [2.45, 2.75) is 0 Å². The molecular formula is C13H4ClF5O. The number of halogens is 6. The molecule has 0 bridgehead atoms. The standard InChI is InChI=1S/C13H4ClF5O/c14-13(20)8-11(18)9(16)7(10(17)12(8)19)5-3-1-2-4-6(5)15/h1-4H. The van der Waals surface area contributed by atoms with Gasteiger partial charge in [-0.05, 0) is 17.7 Å². The predicted octanol–water partition coefficient (Wildman–Crippen LogP) is 4.43. The molecule has 0 heterocycles. The first-order chi connectivity index (χ1) is 9.36. The molecule has 20 heavy (non-hydrogen) atoms. The lowest BCUT2D eigenvalue weighted by atomic mass is 10.0. The Morgan fingerprint density at radius 1 is 0.850 bits per heavy atom. The van der Waals surface area contributed by atoms with Crippen LogP contribution in [-0.2, 0) is 0 Å². The molecule has 2 rings (SSSR count). The Bertz CT molecular complexity index is 685. The van der Waals surface area contributed by atoms with Gasteiger partial charge in [0.15, 0.2) is 23.3 Å². The fourth-order valence-electron chi connectivity index (χ4n) is 1.70. The zero-order chi connectivity index (χ0) is 15.0. The Balaban J connectivity index is 2.87. The van der Waals surface area contributed by atoms with Crippen molar-refractivity contribution < 1.29 is 26.7 Å². The second-order valence-corrected chi connectivity index (χ2v) is 4.10. The number of carbonyl (C=O) groups excluding carboxylic acids is 1. The molecule has 0 saturated carbocycles. The average molecular weight is 307 g/mol. The fraction of sp³-hybridized carbons (Fsp3) is 0. The number of hydrogen-bond acceptors (Lipinski definition) is 1. The molecule has 0 spiro atoms. The topological polar surface area (TPSA) is 17.1 Å². The van der Waals surface area contributed by atoms with Crippen LogP contribution in [0.4, 0.5) is 22.0 Å². The second-order valence-electron chi connectivity index (χ2n) is 3.76. The van der Waals surface area contributed by atoms with Crippen LogP contribution in [0.25, 0.3) is 11.1 Å². The highest BCUT2D eigenvalue weighted by atomic mass is 35.5. The van der Waals surface area contributed by atoms with Gasteiger partial charge >= 0.3 is 0 Å². The van der Waals surface area contributed by atoms with E-state index in [1.807, 2.05) is 0 Å². The van der Waals surface area contributed by atoms with E-state index in [1.165, 1.54) is 12.1 Å². The second kappa shape index (κ2) is 5.20. The van der Waals surface area contributed by atoms with E-state index in [1.54, 1.807) is 0 Å². The Hall–Kier alpha value is -1.95. The maximum Gasteiger partial charge on any atom is 0.258 e. The van der Waals surface area contributed by atoms with Crippen LogP contribution in [0.3, 0.4) is 0 Å². The molecule has 2 aromatic carbocycles. The van der Waals surface area contributed by atoms with E-state index < -0.39 is 51.0 Å². The van der Waals surface area contributed by atoms with Gasteiger partial charge in [0.25, 0.3) is 5.24 Å². The molecule has 0 aromatic heterocycles. The number of benzene rings is 2. The van der Waals surface area contributed by atoms with Gasteiger partial charge in [0.05, 0.1) is 5.56 Å². The molecule has 104 valence electrons. The SMILES string of the molecule is O=C(Cl)c1c(F)c(F)c(-c2ccccc2F)c(F)c1F. The normalized spacial score (nSPS) is 10.7. The highest BCUT2D eigenvalue weighted by molar-refractivity contribution is 6.67. The van der Waals surface area contributed by atoms with Crippen molar-refractivity contribution in [1.82, 2.24) is 0 Å². The van der Waals surface area contributed by atoms with Crippen molar-refractivity contribution in [1.29, 1.82) is 0 Å². The first-order valence-corrected chi connectivity index (χ1v) is 5.54. The van der Waals surface area contributed by atoms with E-state index in [0.717, 1.165) is 12.1 Å². The maximum atomic E-state index is 13.8. The molecule has 2 aromatic rings. The minimum absolute atomic E-state index is 0.672. The van der Waals surface area contributed by atoms with Gasteiger partial charge in [-0.25, -0.2) is 22.0 Å². The molecular weight excluding hydrogens is 303 g/mol. The number of carbonyl (C=O) groups is 1. The zero-order valence-corrected chi connectivity index (χ0v) is 10.2. The predicted molar refractivity (Wildman–Crippen MR) is 61.9 cm³/mol. The van der Waals surface area contributed by atoms with Gasteiger partial charge in [-0.1, -0.05) is 18.2 Å². The molecule has 0 atom stereocenters. The molecule has 7 heteroatoms. The monoisotopic (exact) mass is 306 g/mol. The average Bonchev–Trinajstić information content (AvgIpc) is 2.39. The zero-order valence-electron chi connectivity index (χ0n) is 9.49. The van der Waals surface area contributed by atoms with Crippen LogP contribution in [0.5, 0.6) is 0 Å². The van der Waals surface area contributed by atoms with Crippen LogP contribution in [0.2, 0.25) is 0 Å². The van der Waals surface area contributed by atoms with Crippen molar-refractivity contribution in [3.05, 3.63) is 58.9 Å². The third-order valence-corrected chi connectivity index (χ3v) is 2.79. The van der Waals surface area contributed by atoms with E-state index in [0.29, 0.717) is 0 Å². The number of hydrogen-bond donors (Lipinski definition) is 0. The minimum atomic E-state index is -1.97. The third-order valence-electron chi connectivity index (χ3n) is 2.60. The van der Waals surface area contributed by atoms with Gasteiger partial charge < -0.3 is 0 Å². The molecule has 0 N–H and O–H groups in total. The molecule has 0 aliphatic carbocycles. The van der Waals surface area contributed by atoms with Crippen LogP contribution in [0, 0.1) is 29.1 Å². The summed E-state index contributed by atoms with van der Waals surface area (Å²) in [6, 6.07) is 4.27. The fourth-order valence-corrected chi connectivity index (χ4v) is 1.87. The maximum absolute atomic E-state index is 13.8. The third kappa shape index (κ3) is 2.16. The van der Waals surface area contributed by atoms with E-state index in [-0.39, 0.29) is 0 Å². The summed E-state index contributed by atoms with van der Waals surface area (Å²) < 4.78 is 68.1. The van der Waals surface area contributed by atoms with E-state index in [9.17, 15) is 26.7 Å². The first kappa shape index (κ1) is 14.5. The molecule has 0 aliphatic rings. The lowest BCUT2D eigenvalue weighted by molar-refractivity contribution is 0.107. The molecule has 1 nitrogen and oxygen atoms in total. The van der Waals surface area contributed by atoms with Crippen molar-refractivity contribution in [2.24, 2.45) is 0 Å². The van der Waals surface area contributed by atoms with E-state index in [4.69, 9.17) is 11.6 Å². The lowest BCUT2D eigenvalue weighted by Gasteiger charge is -2.10. The summed E-state index contributed by atoms with van der Waals surface area (Å²) in [4.78, 5) is 10.8. The first-order valence-electron chi connectivity index (χ1n) is 5.17. The summed E-state index contributed by atoms with van der Waals surface area (Å²) in [6.45, 7) is 0. The van der Waals surface area contributed by atoms with Gasteiger partial charge in [0.1, 0.15) is 11.4 Å². The molecule has 0 radical (unpaired) electrons. The quantitative estimate of drug-likeness (QED) is 0.456. The summed E-state index contributed by atoms with van der Waals surface area (Å²) in [5.74, 6) is -8.80. The highest BCUT2D eigenvalue weighted by Gasteiger charge is 2.30. The molecule has 0 fully saturated rings. The van der Waals surface area contributed by atoms with Crippen LogP contribution in [0.1, 0.15) is 10.4 Å². The molecule has 0 unspecified atom stereocenters. The molecule has 0 amide bonds. The summed E-state index contributed by atoms with van der Waals surface area (Å²) in [5, 5.41) is -1.70. The van der Waals surface area contributed by atoms with Gasteiger partial charge in [-0.3, -0.25) is 4.79 Å². The Labute approximate surface area is 114 Å². The Morgan fingerprint density at radius 3 is 1.80 bits per heavy atom. The van der Waals surface area contributed by atoms with E-state index >= 15 is 0 Å². The summed E-state index contributed by atoms with van der Waals surface area (Å²) in [7, 11) is 0. The summed E-state index contributed by atoms with van der Waals surface area (Å²) >= 11 is 4.86. The van der Waals surface area contributed by atoms with Gasteiger partial charge in [-0.2, -0.15) is 0 Å². The van der Waals surface area contributed by atoms with Crippen LogP contribution < -0.4 is 0 Å². The Kier molecular flexibility index (Phi) is 3.76. The summed E-state index contributed by atoms with van der Waals surface area (Å²) in [5.41, 5.74) is -3.46. The minimum Gasteiger partial charge on any atom is -0.275 e. The van der Waals surface area contributed by atoms with Gasteiger partial charge in [0, 0.05) is 5.56 Å². The lowest BCUT2D eigenvalue weighted by Crippen LogP contribution is -2.09. The van der Waals surface area contributed by atoms with Crippen molar-refractivity contribution in [3.8, 4) is 11.1 Å². The van der Waals surface area contributed by atoms with Crippen LogP contribution in [-0.4, -0.2) is 5.24 Å². The Morgan fingerprint density at radius 2 is 1.35 bits per heavy atom. The van der Waals surface area contributed by atoms with Gasteiger partial charge in [0.2, 0.25) is 0 Å².